The molecule has 0 aromatic heterocycles. The van der Waals surface area contributed by atoms with E-state index in [1.54, 1.807) is 42.1 Å². The number of hydrogen-bond donors (Lipinski definition) is 1. The van der Waals surface area contributed by atoms with E-state index in [2.05, 4.69) is 5.32 Å². The molecule has 1 heterocycles. The fourth-order valence-electron chi connectivity index (χ4n) is 3.39. The lowest BCUT2D eigenvalue weighted by molar-refractivity contribution is -0.117. The van der Waals surface area contributed by atoms with Crippen LogP contribution in [0.4, 0.5) is 5.69 Å². The number of piperidine rings is 1. The van der Waals surface area contributed by atoms with Gasteiger partial charge < -0.3 is 5.32 Å². The van der Waals surface area contributed by atoms with Crippen LogP contribution in [0.25, 0.3) is 0 Å². The number of anilines is 1. The number of para-hydroxylation sites is 1. The minimum Gasteiger partial charge on any atom is -0.325 e. The van der Waals surface area contributed by atoms with Gasteiger partial charge in [0.25, 0.3) is 0 Å². The summed E-state index contributed by atoms with van der Waals surface area (Å²) in [6.07, 6.45) is 4.57. The summed E-state index contributed by atoms with van der Waals surface area (Å²) in [5, 5.41) is 2.94. The Kier molecular flexibility index (Phi) is 6.57. The normalized spacial score (nSPS) is 18.2. The summed E-state index contributed by atoms with van der Waals surface area (Å²) < 4.78 is 27.6. The van der Waals surface area contributed by atoms with Crippen LogP contribution in [0.3, 0.4) is 0 Å². The van der Waals surface area contributed by atoms with Crippen molar-refractivity contribution in [3.05, 3.63) is 54.6 Å². The van der Waals surface area contributed by atoms with Crippen LogP contribution < -0.4 is 5.32 Å². The zero-order valence-corrected chi connectivity index (χ0v) is 16.9. The second-order valence-corrected chi connectivity index (χ2v) is 9.27. The Morgan fingerprint density at radius 3 is 2.56 bits per heavy atom. The Morgan fingerprint density at radius 2 is 1.81 bits per heavy atom. The molecule has 1 fully saturated rings. The zero-order valence-electron chi connectivity index (χ0n) is 15.3. The van der Waals surface area contributed by atoms with Crippen LogP contribution in [0.15, 0.2) is 64.4 Å². The van der Waals surface area contributed by atoms with Crippen molar-refractivity contribution in [2.45, 2.75) is 41.5 Å². The number of carbonyl (C=O) groups excluding carboxylic acids is 1. The Balaban J connectivity index is 1.75. The summed E-state index contributed by atoms with van der Waals surface area (Å²) in [6.45, 7) is 0.455. The molecule has 0 bridgehead atoms. The number of rotatable bonds is 6. The first-order valence-corrected chi connectivity index (χ1v) is 11.7. The van der Waals surface area contributed by atoms with Gasteiger partial charge in [-0.2, -0.15) is 4.31 Å². The van der Waals surface area contributed by atoms with Gasteiger partial charge in [0.15, 0.2) is 0 Å². The average molecular weight is 405 g/mol. The molecule has 2 aromatic carbocycles. The van der Waals surface area contributed by atoms with E-state index in [-0.39, 0.29) is 23.3 Å². The van der Waals surface area contributed by atoms with E-state index in [1.165, 1.54) is 4.31 Å². The van der Waals surface area contributed by atoms with Crippen molar-refractivity contribution in [1.29, 1.82) is 0 Å². The van der Waals surface area contributed by atoms with Gasteiger partial charge in [0.1, 0.15) is 0 Å². The molecule has 1 N–H and O–H groups in total. The van der Waals surface area contributed by atoms with Gasteiger partial charge in [0.2, 0.25) is 15.9 Å². The lowest BCUT2D eigenvalue weighted by Crippen LogP contribution is -2.45. The van der Waals surface area contributed by atoms with E-state index in [1.807, 2.05) is 30.5 Å². The van der Waals surface area contributed by atoms with Crippen LogP contribution in [0.1, 0.15) is 25.7 Å². The third-order valence-electron chi connectivity index (χ3n) is 4.72. The van der Waals surface area contributed by atoms with Crippen LogP contribution in [0, 0.1) is 0 Å². The summed E-state index contributed by atoms with van der Waals surface area (Å²) in [4.78, 5) is 13.9. The Labute approximate surface area is 165 Å². The molecule has 27 heavy (non-hydrogen) atoms. The molecule has 0 unspecified atom stereocenters. The minimum atomic E-state index is -3.59. The minimum absolute atomic E-state index is 0.156. The summed E-state index contributed by atoms with van der Waals surface area (Å²) in [5.41, 5.74) is 0.767. The highest BCUT2D eigenvalue weighted by Crippen LogP contribution is 2.28. The summed E-state index contributed by atoms with van der Waals surface area (Å²) in [6, 6.07) is 15.8. The first-order valence-electron chi connectivity index (χ1n) is 9.02. The van der Waals surface area contributed by atoms with Gasteiger partial charge >= 0.3 is 0 Å². The number of amides is 1. The van der Waals surface area contributed by atoms with Gasteiger partial charge in [-0.1, -0.05) is 36.8 Å². The number of carbonyl (C=O) groups is 1. The van der Waals surface area contributed by atoms with Crippen LogP contribution in [0.5, 0.6) is 0 Å². The van der Waals surface area contributed by atoms with E-state index in [9.17, 15) is 13.2 Å². The fraction of sp³-hybridized carbons (Fsp3) is 0.350. The fourth-order valence-corrected chi connectivity index (χ4v) is 5.65. The molecule has 7 heteroatoms. The standard InChI is InChI=1S/C20H24N2O3S2/c1-26-19-13-6-5-12-18(19)21-20(23)15-16-9-7-8-14-22(16)27(24,25)17-10-3-2-4-11-17/h2-6,10-13,16H,7-9,14-15H2,1H3,(H,21,23)/t16-/m1/s1. The molecule has 5 nitrogen and oxygen atoms in total. The molecule has 1 aliphatic heterocycles. The third-order valence-corrected chi connectivity index (χ3v) is 7.49. The lowest BCUT2D eigenvalue weighted by atomic mass is 10.0. The molecule has 2 aromatic rings. The molecule has 3 rings (SSSR count). The van der Waals surface area contributed by atoms with Crippen molar-refractivity contribution >= 4 is 33.4 Å². The van der Waals surface area contributed by atoms with Crippen molar-refractivity contribution in [3.63, 3.8) is 0 Å². The molecule has 1 saturated heterocycles. The Hall–Kier alpha value is -1.83. The molecule has 1 atom stereocenters. The first-order chi connectivity index (χ1) is 13.0. The maximum absolute atomic E-state index is 13.0. The molecule has 1 amide bonds. The topological polar surface area (TPSA) is 66.5 Å². The van der Waals surface area contributed by atoms with E-state index in [0.717, 1.165) is 23.4 Å². The van der Waals surface area contributed by atoms with Crippen LogP contribution in [0.2, 0.25) is 0 Å². The van der Waals surface area contributed by atoms with Crippen molar-refractivity contribution in [2.24, 2.45) is 0 Å². The van der Waals surface area contributed by atoms with Crippen molar-refractivity contribution in [1.82, 2.24) is 4.31 Å². The van der Waals surface area contributed by atoms with E-state index in [4.69, 9.17) is 0 Å². The average Bonchev–Trinajstić information content (AvgIpc) is 2.69. The molecular weight excluding hydrogens is 380 g/mol. The molecule has 144 valence electrons. The SMILES string of the molecule is CSc1ccccc1NC(=O)C[C@H]1CCCCN1S(=O)(=O)c1ccccc1. The van der Waals surface area contributed by atoms with Crippen LogP contribution in [-0.4, -0.2) is 37.5 Å². The van der Waals surface area contributed by atoms with Crippen LogP contribution in [-0.2, 0) is 14.8 Å². The van der Waals surface area contributed by atoms with E-state index < -0.39 is 10.0 Å². The highest BCUT2D eigenvalue weighted by molar-refractivity contribution is 7.98. The molecular formula is C20H24N2O3S2. The predicted molar refractivity (Wildman–Crippen MR) is 109 cm³/mol. The van der Waals surface area contributed by atoms with Gasteiger partial charge in [0, 0.05) is 23.9 Å². The Bertz CT molecular complexity index is 885. The molecule has 0 radical (unpaired) electrons. The second-order valence-electron chi connectivity index (χ2n) is 6.53. The second kappa shape index (κ2) is 8.91. The van der Waals surface area contributed by atoms with Crippen molar-refractivity contribution < 1.29 is 13.2 Å². The Morgan fingerprint density at radius 1 is 1.11 bits per heavy atom. The number of sulfonamides is 1. The number of benzene rings is 2. The molecule has 0 saturated carbocycles. The highest BCUT2D eigenvalue weighted by Gasteiger charge is 2.34. The van der Waals surface area contributed by atoms with Gasteiger partial charge in [-0.15, -0.1) is 11.8 Å². The molecule has 0 spiro atoms. The summed E-state index contributed by atoms with van der Waals surface area (Å²) in [5.74, 6) is -0.156. The number of hydrogen-bond acceptors (Lipinski definition) is 4. The monoisotopic (exact) mass is 404 g/mol. The number of nitrogens with zero attached hydrogens (tertiary/aromatic N) is 1. The number of thioether (sulfide) groups is 1. The largest absolute Gasteiger partial charge is 0.325 e. The van der Waals surface area contributed by atoms with Gasteiger partial charge in [-0.25, -0.2) is 8.42 Å². The smallest absolute Gasteiger partial charge is 0.243 e. The summed E-state index contributed by atoms with van der Waals surface area (Å²) >= 11 is 1.56. The van der Waals surface area contributed by atoms with E-state index >= 15 is 0 Å². The highest BCUT2D eigenvalue weighted by atomic mass is 32.2. The zero-order chi connectivity index (χ0) is 19.3. The summed E-state index contributed by atoms with van der Waals surface area (Å²) in [7, 11) is -3.59. The first kappa shape index (κ1) is 19.9. The van der Waals surface area contributed by atoms with Crippen molar-refractivity contribution in [2.75, 3.05) is 18.1 Å². The maximum Gasteiger partial charge on any atom is 0.243 e. The van der Waals surface area contributed by atoms with Gasteiger partial charge in [-0.3, -0.25) is 4.79 Å². The third kappa shape index (κ3) is 4.72. The number of nitrogens with one attached hydrogen (secondary N) is 1. The molecule has 0 aliphatic carbocycles. The van der Waals surface area contributed by atoms with Crippen LogP contribution >= 0.6 is 11.8 Å². The van der Waals surface area contributed by atoms with E-state index in [0.29, 0.717) is 13.0 Å². The quantitative estimate of drug-likeness (QED) is 0.740. The maximum atomic E-state index is 13.0. The predicted octanol–water partition coefficient (Wildman–Crippen LogP) is 3.98. The van der Waals surface area contributed by atoms with Gasteiger partial charge in [-0.05, 0) is 43.4 Å². The van der Waals surface area contributed by atoms with Gasteiger partial charge in [0.05, 0.1) is 10.6 Å². The lowest BCUT2D eigenvalue weighted by Gasteiger charge is -2.34. The molecule has 1 aliphatic rings. The van der Waals surface area contributed by atoms with Crippen molar-refractivity contribution in [3.8, 4) is 0 Å².